The lowest BCUT2D eigenvalue weighted by atomic mass is 10.2. The second kappa shape index (κ2) is 5.95. The van der Waals surface area contributed by atoms with Crippen LogP contribution in [0.5, 0.6) is 0 Å². The predicted octanol–water partition coefficient (Wildman–Crippen LogP) is 0.721. The van der Waals surface area contributed by atoms with Crippen molar-refractivity contribution in [3.8, 4) is 0 Å². The van der Waals surface area contributed by atoms with Crippen LogP contribution < -0.4 is 10.9 Å². The number of halogens is 4. The maximum Gasteiger partial charge on any atom is 0.417 e. The lowest BCUT2D eigenvalue weighted by Gasteiger charge is -2.11. The largest absolute Gasteiger partial charge is 0.480 e. The molecule has 0 spiro atoms. The standard InChI is InChI=1S/C10H8ClF3N2O4/c11-6-1-5(10(12,13)14)3-16(9(6)20)4-7(17)15-2-8(18)19/h1,3H,2,4H2,(H,15,17)(H,18,19). The molecule has 1 rings (SSSR count). The number of nitrogens with zero attached hydrogens (tertiary/aromatic N) is 1. The van der Waals surface area contributed by atoms with Crippen molar-refractivity contribution in [3.63, 3.8) is 0 Å². The Balaban J connectivity index is 3.00. The van der Waals surface area contributed by atoms with Crippen molar-refractivity contribution in [3.05, 3.63) is 33.2 Å². The highest BCUT2D eigenvalue weighted by Gasteiger charge is 2.32. The molecule has 0 aliphatic rings. The van der Waals surface area contributed by atoms with Gasteiger partial charge in [0.1, 0.15) is 18.1 Å². The van der Waals surface area contributed by atoms with Crippen LogP contribution in [-0.2, 0) is 22.3 Å². The first-order valence-electron chi connectivity index (χ1n) is 5.07. The van der Waals surface area contributed by atoms with E-state index in [9.17, 15) is 27.6 Å². The lowest BCUT2D eigenvalue weighted by molar-refractivity contribution is -0.138. The molecule has 20 heavy (non-hydrogen) atoms. The third-order valence-electron chi connectivity index (χ3n) is 2.12. The molecular formula is C10H8ClF3N2O4. The van der Waals surface area contributed by atoms with Crippen LogP contribution in [-0.4, -0.2) is 28.1 Å². The quantitative estimate of drug-likeness (QED) is 0.857. The maximum absolute atomic E-state index is 12.5. The second-order valence-electron chi connectivity index (χ2n) is 3.68. The zero-order valence-corrected chi connectivity index (χ0v) is 10.5. The minimum absolute atomic E-state index is 0.439. The Labute approximate surface area is 114 Å². The number of rotatable bonds is 4. The van der Waals surface area contributed by atoms with Crippen LogP contribution >= 0.6 is 11.6 Å². The van der Waals surface area contributed by atoms with Crippen molar-refractivity contribution in [1.29, 1.82) is 0 Å². The fraction of sp³-hybridized carbons (Fsp3) is 0.300. The van der Waals surface area contributed by atoms with Gasteiger partial charge in [-0.15, -0.1) is 0 Å². The number of aromatic nitrogens is 1. The van der Waals surface area contributed by atoms with Gasteiger partial charge in [0.2, 0.25) is 5.91 Å². The van der Waals surface area contributed by atoms with Gasteiger partial charge in [0, 0.05) is 6.20 Å². The number of hydrogen-bond donors (Lipinski definition) is 2. The number of aliphatic carboxylic acids is 1. The first-order valence-corrected chi connectivity index (χ1v) is 5.44. The number of carbonyl (C=O) groups is 2. The van der Waals surface area contributed by atoms with Gasteiger partial charge in [0.25, 0.3) is 5.56 Å². The van der Waals surface area contributed by atoms with E-state index in [-0.39, 0.29) is 0 Å². The number of amides is 1. The molecule has 10 heteroatoms. The maximum atomic E-state index is 12.5. The third-order valence-corrected chi connectivity index (χ3v) is 2.39. The molecule has 0 bridgehead atoms. The minimum Gasteiger partial charge on any atom is -0.480 e. The molecule has 0 saturated heterocycles. The molecule has 0 aromatic carbocycles. The minimum atomic E-state index is -4.73. The summed E-state index contributed by atoms with van der Waals surface area (Å²) in [5.74, 6) is -2.25. The van der Waals surface area contributed by atoms with E-state index in [2.05, 4.69) is 0 Å². The fourth-order valence-corrected chi connectivity index (χ4v) is 1.48. The molecule has 6 nitrogen and oxygen atoms in total. The van der Waals surface area contributed by atoms with Crippen molar-refractivity contribution in [2.24, 2.45) is 0 Å². The molecule has 1 amide bonds. The number of carboxylic acids is 1. The van der Waals surface area contributed by atoms with E-state index in [0.717, 1.165) is 0 Å². The Bertz CT molecular complexity index is 597. The van der Waals surface area contributed by atoms with E-state index in [0.29, 0.717) is 16.8 Å². The Morgan fingerprint density at radius 1 is 1.40 bits per heavy atom. The molecule has 0 aliphatic heterocycles. The van der Waals surface area contributed by atoms with Crippen molar-refractivity contribution in [1.82, 2.24) is 9.88 Å². The second-order valence-corrected chi connectivity index (χ2v) is 4.09. The van der Waals surface area contributed by atoms with Crippen molar-refractivity contribution in [2.45, 2.75) is 12.7 Å². The number of carbonyl (C=O) groups excluding carboxylic acids is 1. The summed E-state index contributed by atoms with van der Waals surface area (Å²) in [5.41, 5.74) is -2.17. The highest BCUT2D eigenvalue weighted by atomic mass is 35.5. The van der Waals surface area contributed by atoms with E-state index in [1.54, 1.807) is 0 Å². The summed E-state index contributed by atoms with van der Waals surface area (Å²) in [5, 5.41) is 9.55. The van der Waals surface area contributed by atoms with E-state index in [1.807, 2.05) is 5.32 Å². The summed E-state index contributed by atoms with van der Waals surface area (Å²) in [7, 11) is 0. The van der Waals surface area contributed by atoms with Gasteiger partial charge in [0.15, 0.2) is 0 Å². The van der Waals surface area contributed by atoms with Gasteiger partial charge >= 0.3 is 12.1 Å². The van der Waals surface area contributed by atoms with Gasteiger partial charge in [0.05, 0.1) is 5.56 Å². The molecular weight excluding hydrogens is 305 g/mol. The van der Waals surface area contributed by atoms with Gasteiger partial charge in [-0.05, 0) is 6.07 Å². The Hall–Kier alpha value is -2.03. The number of carboxylic acid groups (broad SMARTS) is 1. The number of alkyl halides is 3. The number of hydrogen-bond acceptors (Lipinski definition) is 3. The molecule has 110 valence electrons. The highest BCUT2D eigenvalue weighted by Crippen LogP contribution is 2.29. The van der Waals surface area contributed by atoms with Crippen LogP contribution in [0.3, 0.4) is 0 Å². The first-order chi connectivity index (χ1) is 9.11. The van der Waals surface area contributed by atoms with Crippen LogP contribution in [0.4, 0.5) is 13.2 Å². The van der Waals surface area contributed by atoms with Crippen molar-refractivity contribution < 1.29 is 27.9 Å². The summed E-state index contributed by atoms with van der Waals surface area (Å²) in [4.78, 5) is 33.0. The SMILES string of the molecule is O=C(O)CNC(=O)Cn1cc(C(F)(F)F)cc(Cl)c1=O. The Morgan fingerprint density at radius 2 is 2.00 bits per heavy atom. The fourth-order valence-electron chi connectivity index (χ4n) is 1.26. The zero-order valence-electron chi connectivity index (χ0n) is 9.70. The smallest absolute Gasteiger partial charge is 0.417 e. The van der Waals surface area contributed by atoms with Gasteiger partial charge in [-0.2, -0.15) is 13.2 Å². The average molecular weight is 313 g/mol. The molecule has 0 radical (unpaired) electrons. The Morgan fingerprint density at radius 3 is 2.50 bits per heavy atom. The van der Waals surface area contributed by atoms with Gasteiger partial charge in [-0.1, -0.05) is 11.6 Å². The van der Waals surface area contributed by atoms with Gasteiger partial charge < -0.3 is 15.0 Å². The molecule has 0 unspecified atom stereocenters. The van der Waals surface area contributed by atoms with Crippen molar-refractivity contribution in [2.75, 3.05) is 6.54 Å². The summed E-state index contributed by atoms with van der Waals surface area (Å²) in [6, 6.07) is 0.454. The van der Waals surface area contributed by atoms with E-state index >= 15 is 0 Å². The van der Waals surface area contributed by atoms with Crippen LogP contribution in [0.15, 0.2) is 17.1 Å². The van der Waals surface area contributed by atoms with E-state index < -0.39 is 47.3 Å². The summed E-state index contributed by atoms with van der Waals surface area (Å²) < 4.78 is 38.0. The average Bonchev–Trinajstić information content (AvgIpc) is 2.30. The molecule has 2 N–H and O–H groups in total. The highest BCUT2D eigenvalue weighted by molar-refractivity contribution is 6.30. The molecule has 0 aliphatic carbocycles. The summed E-state index contributed by atoms with van der Waals surface area (Å²) in [6.07, 6.45) is -4.29. The molecule has 0 atom stereocenters. The zero-order chi connectivity index (χ0) is 15.5. The van der Waals surface area contributed by atoms with E-state index in [1.165, 1.54) is 0 Å². The summed E-state index contributed by atoms with van der Waals surface area (Å²) in [6.45, 7) is -1.48. The van der Waals surface area contributed by atoms with Crippen LogP contribution in [0, 0.1) is 0 Å². The molecule has 1 aromatic rings. The van der Waals surface area contributed by atoms with Crippen LogP contribution in [0.2, 0.25) is 5.02 Å². The number of pyridine rings is 1. The first kappa shape index (κ1) is 16.0. The van der Waals surface area contributed by atoms with Gasteiger partial charge in [-0.3, -0.25) is 14.4 Å². The molecule has 0 saturated carbocycles. The van der Waals surface area contributed by atoms with Gasteiger partial charge in [-0.25, -0.2) is 0 Å². The normalized spacial score (nSPS) is 11.2. The lowest BCUT2D eigenvalue weighted by Crippen LogP contribution is -2.35. The van der Waals surface area contributed by atoms with Crippen LogP contribution in [0.25, 0.3) is 0 Å². The predicted molar refractivity (Wildman–Crippen MR) is 61.4 cm³/mol. The Kier molecular flexibility index (Phi) is 4.77. The topological polar surface area (TPSA) is 88.4 Å². The molecule has 1 aromatic heterocycles. The molecule has 0 fully saturated rings. The summed E-state index contributed by atoms with van der Waals surface area (Å²) >= 11 is 5.38. The monoisotopic (exact) mass is 312 g/mol. The number of nitrogens with one attached hydrogen (secondary N) is 1. The third kappa shape index (κ3) is 4.26. The van der Waals surface area contributed by atoms with E-state index in [4.69, 9.17) is 16.7 Å². The van der Waals surface area contributed by atoms with Crippen LogP contribution in [0.1, 0.15) is 5.56 Å². The molecule has 1 heterocycles. The van der Waals surface area contributed by atoms with Crippen molar-refractivity contribution >= 4 is 23.5 Å².